The predicted octanol–water partition coefficient (Wildman–Crippen LogP) is 3.31. The van der Waals surface area contributed by atoms with Crippen LogP contribution in [-0.2, 0) is 16.0 Å². The van der Waals surface area contributed by atoms with E-state index in [1.807, 2.05) is 35.2 Å². The zero-order valence-corrected chi connectivity index (χ0v) is 18.0. The van der Waals surface area contributed by atoms with Crippen LogP contribution >= 0.6 is 0 Å². The lowest BCUT2D eigenvalue weighted by atomic mass is 9.99. The molecule has 0 radical (unpaired) electrons. The van der Waals surface area contributed by atoms with Gasteiger partial charge < -0.3 is 15.0 Å². The highest BCUT2D eigenvalue weighted by molar-refractivity contribution is 6.06. The first-order chi connectivity index (χ1) is 15.5. The van der Waals surface area contributed by atoms with Gasteiger partial charge in [-0.3, -0.25) is 14.6 Å². The Morgan fingerprint density at radius 1 is 1.19 bits per heavy atom. The van der Waals surface area contributed by atoms with Crippen molar-refractivity contribution in [3.63, 3.8) is 0 Å². The number of likely N-dealkylation sites (tertiary alicyclic amines) is 1. The molecule has 2 aromatic carbocycles. The van der Waals surface area contributed by atoms with E-state index in [2.05, 4.69) is 5.32 Å². The second kappa shape index (κ2) is 9.87. The Balaban J connectivity index is 1.51. The second-order valence-corrected chi connectivity index (χ2v) is 7.99. The maximum Gasteiger partial charge on any atom is 0.252 e. The standard InChI is InChI=1S/C25H26FN3O3/c1-32-13-11-27-25(31)21-15-23(28-22-5-3-2-4-20(21)22)18-10-12-29(16-18)24(30)14-17-6-8-19(26)9-7-17/h2-9,15,18H,10-14,16H2,1H3,(H,27,31). The van der Waals surface area contributed by atoms with Crippen molar-refractivity contribution in [1.82, 2.24) is 15.2 Å². The monoisotopic (exact) mass is 435 g/mol. The third-order valence-corrected chi connectivity index (χ3v) is 5.80. The van der Waals surface area contributed by atoms with Gasteiger partial charge in [-0.15, -0.1) is 0 Å². The highest BCUT2D eigenvalue weighted by atomic mass is 19.1. The van der Waals surface area contributed by atoms with Crippen LogP contribution < -0.4 is 5.32 Å². The van der Waals surface area contributed by atoms with Crippen LogP contribution in [0.2, 0.25) is 0 Å². The second-order valence-electron chi connectivity index (χ2n) is 7.99. The van der Waals surface area contributed by atoms with Crippen molar-refractivity contribution >= 4 is 22.7 Å². The van der Waals surface area contributed by atoms with E-state index in [0.717, 1.165) is 28.6 Å². The third kappa shape index (κ3) is 4.94. The Morgan fingerprint density at radius 2 is 1.97 bits per heavy atom. The molecule has 32 heavy (non-hydrogen) atoms. The number of aromatic nitrogens is 1. The van der Waals surface area contributed by atoms with Crippen LogP contribution in [0.25, 0.3) is 10.9 Å². The van der Waals surface area contributed by atoms with Gasteiger partial charge in [0, 0.05) is 43.7 Å². The van der Waals surface area contributed by atoms with Crippen molar-refractivity contribution in [3.05, 3.63) is 77.2 Å². The number of methoxy groups -OCH3 is 1. The number of carbonyl (C=O) groups is 2. The maximum absolute atomic E-state index is 13.1. The molecule has 3 aromatic rings. The molecule has 1 fully saturated rings. The summed E-state index contributed by atoms with van der Waals surface area (Å²) in [6.45, 7) is 2.05. The van der Waals surface area contributed by atoms with Crippen molar-refractivity contribution < 1.29 is 18.7 Å². The Labute approximate surface area is 186 Å². The SMILES string of the molecule is COCCNC(=O)c1cc(C2CCN(C(=O)Cc3ccc(F)cc3)C2)nc2ccccc12. The number of amides is 2. The van der Waals surface area contributed by atoms with E-state index in [0.29, 0.717) is 31.8 Å². The van der Waals surface area contributed by atoms with Gasteiger partial charge in [0.15, 0.2) is 0 Å². The minimum atomic E-state index is -0.313. The largest absolute Gasteiger partial charge is 0.383 e. The van der Waals surface area contributed by atoms with Crippen molar-refractivity contribution in [2.45, 2.75) is 18.8 Å². The van der Waals surface area contributed by atoms with Crippen LogP contribution in [0, 0.1) is 5.82 Å². The molecule has 166 valence electrons. The average molecular weight is 435 g/mol. The number of rotatable bonds is 7. The van der Waals surface area contributed by atoms with E-state index >= 15 is 0 Å². The summed E-state index contributed by atoms with van der Waals surface area (Å²) >= 11 is 0. The number of nitrogens with one attached hydrogen (secondary N) is 1. The quantitative estimate of drug-likeness (QED) is 0.578. The van der Waals surface area contributed by atoms with Crippen LogP contribution in [0.5, 0.6) is 0 Å². The fourth-order valence-corrected chi connectivity index (χ4v) is 4.07. The zero-order valence-electron chi connectivity index (χ0n) is 18.0. The molecule has 0 bridgehead atoms. The summed E-state index contributed by atoms with van der Waals surface area (Å²) < 4.78 is 18.1. The molecule has 2 amide bonds. The summed E-state index contributed by atoms with van der Waals surface area (Å²) in [4.78, 5) is 32.2. The van der Waals surface area contributed by atoms with Crippen LogP contribution in [0.4, 0.5) is 4.39 Å². The molecule has 1 unspecified atom stereocenters. The minimum absolute atomic E-state index is 0.0115. The number of halogens is 1. The van der Waals surface area contributed by atoms with Gasteiger partial charge in [-0.1, -0.05) is 30.3 Å². The van der Waals surface area contributed by atoms with Gasteiger partial charge in [-0.05, 0) is 36.2 Å². The molecule has 0 spiro atoms. The molecular formula is C25H26FN3O3. The van der Waals surface area contributed by atoms with E-state index in [-0.39, 0.29) is 30.0 Å². The molecule has 2 heterocycles. The molecule has 7 heteroatoms. The number of hydrogen-bond acceptors (Lipinski definition) is 4. The Bertz CT molecular complexity index is 1120. The predicted molar refractivity (Wildman–Crippen MR) is 120 cm³/mol. The number of fused-ring (bicyclic) bond motifs is 1. The Morgan fingerprint density at radius 3 is 2.75 bits per heavy atom. The number of pyridine rings is 1. The summed E-state index contributed by atoms with van der Waals surface area (Å²) in [5.74, 6) is -0.407. The average Bonchev–Trinajstić information content (AvgIpc) is 3.30. The van der Waals surface area contributed by atoms with Crippen molar-refractivity contribution in [1.29, 1.82) is 0 Å². The lowest BCUT2D eigenvalue weighted by Gasteiger charge is -2.17. The van der Waals surface area contributed by atoms with Crippen molar-refractivity contribution in [2.24, 2.45) is 0 Å². The number of ether oxygens (including phenoxy) is 1. The lowest BCUT2D eigenvalue weighted by Crippen LogP contribution is -2.30. The molecule has 4 rings (SSSR count). The molecule has 0 aliphatic carbocycles. The summed E-state index contributed by atoms with van der Waals surface area (Å²) in [5.41, 5.74) is 2.95. The van der Waals surface area contributed by atoms with Crippen LogP contribution in [0.1, 0.15) is 34.0 Å². The van der Waals surface area contributed by atoms with Gasteiger partial charge in [0.2, 0.25) is 5.91 Å². The van der Waals surface area contributed by atoms with Gasteiger partial charge in [-0.25, -0.2) is 4.39 Å². The topological polar surface area (TPSA) is 71.5 Å². The normalized spacial score (nSPS) is 15.8. The first kappa shape index (κ1) is 21.9. The molecule has 6 nitrogen and oxygen atoms in total. The molecule has 1 saturated heterocycles. The summed E-state index contributed by atoms with van der Waals surface area (Å²) in [7, 11) is 1.59. The fraction of sp³-hybridized carbons (Fsp3) is 0.320. The first-order valence-corrected chi connectivity index (χ1v) is 10.7. The number of nitrogens with zero attached hydrogens (tertiary/aromatic N) is 2. The van der Waals surface area contributed by atoms with Gasteiger partial charge in [0.25, 0.3) is 5.91 Å². The number of hydrogen-bond donors (Lipinski definition) is 1. The van der Waals surface area contributed by atoms with Gasteiger partial charge in [0.05, 0.1) is 24.1 Å². The summed E-state index contributed by atoms with van der Waals surface area (Å²) in [6, 6.07) is 15.5. The lowest BCUT2D eigenvalue weighted by molar-refractivity contribution is -0.129. The molecule has 1 N–H and O–H groups in total. The molecule has 1 aliphatic heterocycles. The Kier molecular flexibility index (Phi) is 6.75. The molecule has 0 saturated carbocycles. The van der Waals surface area contributed by atoms with Crippen LogP contribution in [-0.4, -0.2) is 55.0 Å². The van der Waals surface area contributed by atoms with E-state index in [1.165, 1.54) is 12.1 Å². The zero-order chi connectivity index (χ0) is 22.5. The van der Waals surface area contributed by atoms with Gasteiger partial charge in [0.1, 0.15) is 5.82 Å². The van der Waals surface area contributed by atoms with E-state index in [9.17, 15) is 14.0 Å². The summed E-state index contributed by atoms with van der Waals surface area (Å²) in [5, 5.41) is 3.68. The third-order valence-electron chi connectivity index (χ3n) is 5.80. The molecule has 1 atom stereocenters. The van der Waals surface area contributed by atoms with Crippen molar-refractivity contribution in [2.75, 3.05) is 33.4 Å². The smallest absolute Gasteiger partial charge is 0.252 e. The van der Waals surface area contributed by atoms with E-state index in [4.69, 9.17) is 9.72 Å². The van der Waals surface area contributed by atoms with Gasteiger partial charge >= 0.3 is 0 Å². The Hall–Kier alpha value is -3.32. The highest BCUT2D eigenvalue weighted by Crippen LogP contribution is 2.29. The number of benzene rings is 2. The highest BCUT2D eigenvalue weighted by Gasteiger charge is 2.29. The first-order valence-electron chi connectivity index (χ1n) is 10.7. The molecule has 1 aliphatic rings. The number of carbonyl (C=O) groups excluding carboxylic acids is 2. The van der Waals surface area contributed by atoms with E-state index in [1.54, 1.807) is 19.2 Å². The molecular weight excluding hydrogens is 409 g/mol. The maximum atomic E-state index is 13.1. The summed E-state index contributed by atoms with van der Waals surface area (Å²) in [6.07, 6.45) is 1.02. The molecule has 1 aromatic heterocycles. The van der Waals surface area contributed by atoms with Crippen molar-refractivity contribution in [3.8, 4) is 0 Å². The fourth-order valence-electron chi connectivity index (χ4n) is 4.07. The van der Waals surface area contributed by atoms with Crippen LogP contribution in [0.3, 0.4) is 0 Å². The van der Waals surface area contributed by atoms with Crippen LogP contribution in [0.15, 0.2) is 54.6 Å². The van der Waals surface area contributed by atoms with E-state index < -0.39 is 0 Å². The van der Waals surface area contributed by atoms with Gasteiger partial charge in [-0.2, -0.15) is 0 Å². The minimum Gasteiger partial charge on any atom is -0.383 e. The number of para-hydroxylation sites is 1.